The van der Waals surface area contributed by atoms with Crippen molar-refractivity contribution >= 4 is 51.4 Å². The van der Waals surface area contributed by atoms with Gasteiger partial charge < -0.3 is 5.11 Å². The second kappa shape index (κ2) is 17.4. The van der Waals surface area contributed by atoms with E-state index in [2.05, 4.69) is 92.4 Å². The molecule has 1 radical (unpaired) electrons. The molecule has 4 nitrogen and oxygen atoms in total. The van der Waals surface area contributed by atoms with Crippen LogP contribution in [0.5, 0.6) is 0 Å². The zero-order valence-electron chi connectivity index (χ0n) is 33.2. The first-order valence-electron chi connectivity index (χ1n) is 19.0. The van der Waals surface area contributed by atoms with Crippen LogP contribution < -0.4 is 5.19 Å². The van der Waals surface area contributed by atoms with Gasteiger partial charge in [0, 0.05) is 48.9 Å². The molecule has 1 N–H and O–H groups in total. The van der Waals surface area contributed by atoms with Gasteiger partial charge in [-0.05, 0) is 70.0 Å². The zero-order valence-corrected chi connectivity index (χ0v) is 36.6. The summed E-state index contributed by atoms with van der Waals surface area (Å²) in [7, 11) is -1.34. The SMILES string of the molecule is CCC(C)(CC)C(=O)/C=C(\O)C(C)(CC)CC.C[Si](C)(C)c1ccc(-c2cccc3c2ccc2c(-c4[c-]c5ccccc5c(C#N)c4)nccc23)cc1.[Ir]. The summed E-state index contributed by atoms with van der Waals surface area (Å²) in [6.07, 6.45) is 6.62. The molecule has 0 saturated heterocycles. The Morgan fingerprint density at radius 2 is 1.37 bits per heavy atom. The number of hydrogen-bond acceptors (Lipinski definition) is 4. The van der Waals surface area contributed by atoms with Crippen LogP contribution in [0.4, 0.5) is 0 Å². The van der Waals surface area contributed by atoms with Crippen LogP contribution in [0, 0.1) is 28.2 Å². The summed E-state index contributed by atoms with van der Waals surface area (Å²) >= 11 is 0. The first kappa shape index (κ1) is 42.3. The number of ketones is 1. The minimum absolute atomic E-state index is 0. The third-order valence-electron chi connectivity index (χ3n) is 11.6. The van der Waals surface area contributed by atoms with Gasteiger partial charge in [0.15, 0.2) is 5.78 Å². The van der Waals surface area contributed by atoms with Gasteiger partial charge in [0.1, 0.15) is 5.76 Å². The Morgan fingerprint density at radius 1 is 0.778 bits per heavy atom. The van der Waals surface area contributed by atoms with E-state index in [-0.39, 0.29) is 42.5 Å². The van der Waals surface area contributed by atoms with Crippen molar-refractivity contribution in [3.63, 3.8) is 0 Å². The molecule has 5 aromatic carbocycles. The standard InChI is InChI=1S/C33H25N2Si.C15H28O2.Ir/c1-36(2,3)26-13-11-22(12-14-26)28-9-6-10-29-30(28)15-16-32-31(29)17-18-35-33(32)24-19-23-7-4-5-8-27(23)25(20-24)21-34;1-7-14(5,8-2)12(16)11-13(17)15(6,9-3)10-4;/h4-18,20H,1-3H3;11,16H,7-10H2,1-6H3;/q-1;;/b;12-11-;. The van der Waals surface area contributed by atoms with Gasteiger partial charge in [0.25, 0.3) is 0 Å². The number of pyridine rings is 1. The van der Waals surface area contributed by atoms with Crippen LogP contribution in [0.2, 0.25) is 19.6 Å². The van der Waals surface area contributed by atoms with Crippen LogP contribution in [-0.2, 0) is 24.9 Å². The van der Waals surface area contributed by atoms with Crippen molar-refractivity contribution in [3.05, 3.63) is 121 Å². The van der Waals surface area contributed by atoms with Gasteiger partial charge in [0.05, 0.1) is 14.1 Å². The Balaban J connectivity index is 0.000000309. The van der Waals surface area contributed by atoms with E-state index >= 15 is 0 Å². The fourth-order valence-electron chi connectivity index (χ4n) is 6.77. The predicted octanol–water partition coefficient (Wildman–Crippen LogP) is 12.7. The maximum Gasteiger partial charge on any atom is 0.164 e. The second-order valence-corrected chi connectivity index (χ2v) is 20.8. The number of aliphatic hydroxyl groups excluding tert-OH is 1. The number of fused-ring (bicyclic) bond motifs is 4. The Labute approximate surface area is 336 Å². The summed E-state index contributed by atoms with van der Waals surface area (Å²) in [5.41, 5.74) is 4.20. The predicted molar refractivity (Wildman–Crippen MR) is 227 cm³/mol. The number of allylic oxidation sites excluding steroid dienone is 2. The van der Waals surface area contributed by atoms with Crippen molar-refractivity contribution < 1.29 is 30.0 Å². The fraction of sp³-hybridized carbons (Fsp3) is 0.312. The molecule has 0 spiro atoms. The van der Waals surface area contributed by atoms with Crippen LogP contribution in [-0.4, -0.2) is 23.9 Å². The van der Waals surface area contributed by atoms with Gasteiger partial charge in [-0.3, -0.25) is 9.78 Å². The molecule has 0 aliphatic heterocycles. The molecule has 6 rings (SSSR count). The van der Waals surface area contributed by atoms with Gasteiger partial charge in [-0.2, -0.15) is 5.26 Å². The topological polar surface area (TPSA) is 74.0 Å². The zero-order chi connectivity index (χ0) is 38.6. The van der Waals surface area contributed by atoms with Crippen molar-refractivity contribution in [2.24, 2.45) is 10.8 Å². The third kappa shape index (κ3) is 8.60. The molecule has 0 unspecified atom stereocenters. The van der Waals surface area contributed by atoms with E-state index in [1.165, 1.54) is 33.2 Å². The number of nitriles is 1. The van der Waals surface area contributed by atoms with E-state index in [0.29, 0.717) is 5.56 Å². The van der Waals surface area contributed by atoms with Gasteiger partial charge >= 0.3 is 0 Å². The Morgan fingerprint density at radius 3 is 1.98 bits per heavy atom. The largest absolute Gasteiger partial charge is 0.512 e. The van der Waals surface area contributed by atoms with E-state index in [4.69, 9.17) is 4.98 Å². The number of nitrogens with zero attached hydrogens (tertiary/aromatic N) is 2. The average molecular weight is 910 g/mol. The van der Waals surface area contributed by atoms with Crippen LogP contribution in [0.15, 0.2) is 109 Å². The molecule has 281 valence electrons. The Kier molecular flexibility index (Phi) is 13.6. The van der Waals surface area contributed by atoms with E-state index < -0.39 is 8.07 Å². The number of aliphatic hydroxyl groups is 1. The van der Waals surface area contributed by atoms with Crippen molar-refractivity contribution in [2.75, 3.05) is 0 Å². The summed E-state index contributed by atoms with van der Waals surface area (Å²) in [5, 5.41) is 27.9. The summed E-state index contributed by atoms with van der Waals surface area (Å²) < 4.78 is 0. The molecule has 1 heterocycles. The molecule has 6 heteroatoms. The molecule has 0 saturated carbocycles. The van der Waals surface area contributed by atoms with Crippen LogP contribution in [0.3, 0.4) is 0 Å². The van der Waals surface area contributed by atoms with Gasteiger partial charge in [-0.15, -0.1) is 23.6 Å². The first-order valence-corrected chi connectivity index (χ1v) is 22.5. The minimum Gasteiger partial charge on any atom is -0.512 e. The van der Waals surface area contributed by atoms with Crippen LogP contribution in [0.25, 0.3) is 54.7 Å². The number of rotatable bonds is 10. The van der Waals surface area contributed by atoms with E-state index in [9.17, 15) is 15.2 Å². The van der Waals surface area contributed by atoms with Crippen molar-refractivity contribution in [1.29, 1.82) is 5.26 Å². The number of benzene rings is 5. The minimum atomic E-state index is -1.34. The molecule has 0 aliphatic rings. The van der Waals surface area contributed by atoms with Crippen LogP contribution >= 0.6 is 0 Å². The fourth-order valence-corrected chi connectivity index (χ4v) is 7.94. The normalized spacial score (nSPS) is 12.2. The van der Waals surface area contributed by atoms with Crippen molar-refractivity contribution in [1.82, 2.24) is 4.98 Å². The summed E-state index contributed by atoms with van der Waals surface area (Å²) in [5.74, 6) is 0.286. The van der Waals surface area contributed by atoms with Crippen LogP contribution in [0.1, 0.15) is 72.8 Å². The van der Waals surface area contributed by atoms with E-state index in [0.717, 1.165) is 58.5 Å². The molecule has 6 aromatic rings. The molecule has 1 aromatic heterocycles. The van der Waals surface area contributed by atoms with Gasteiger partial charge in [-0.25, -0.2) is 0 Å². The summed E-state index contributed by atoms with van der Waals surface area (Å²) in [6.45, 7) is 19.2. The molecule has 54 heavy (non-hydrogen) atoms. The summed E-state index contributed by atoms with van der Waals surface area (Å²) in [4.78, 5) is 16.9. The number of aromatic nitrogens is 1. The number of carbonyl (C=O) groups excluding carboxylic acids is 1. The average Bonchev–Trinajstić information content (AvgIpc) is 3.18. The molecule has 0 aliphatic carbocycles. The number of carbonyl (C=O) groups is 1. The molecule has 0 bridgehead atoms. The quantitative estimate of drug-likeness (QED) is 0.0488. The monoisotopic (exact) mass is 910 g/mol. The number of hydrogen-bond donors (Lipinski definition) is 1. The van der Waals surface area contributed by atoms with E-state index in [1.807, 2.05) is 78.1 Å². The molecular weight excluding hydrogens is 857 g/mol. The maximum atomic E-state index is 12.2. The smallest absolute Gasteiger partial charge is 0.164 e. The first-order chi connectivity index (χ1) is 25.2. The van der Waals surface area contributed by atoms with Crippen molar-refractivity contribution in [2.45, 2.75) is 86.9 Å². The van der Waals surface area contributed by atoms with Gasteiger partial charge in [0.2, 0.25) is 0 Å². The molecule has 0 amide bonds. The second-order valence-electron chi connectivity index (χ2n) is 15.7. The van der Waals surface area contributed by atoms with Gasteiger partial charge in [-0.1, -0.05) is 150 Å². The Bertz CT molecular complexity index is 2340. The maximum absolute atomic E-state index is 12.2. The molecular formula is C48H53IrN2O2Si-. The molecule has 0 atom stereocenters. The molecule has 0 fully saturated rings. The Hall–Kier alpha value is -4.40. The van der Waals surface area contributed by atoms with E-state index in [1.54, 1.807) is 0 Å². The third-order valence-corrected chi connectivity index (χ3v) is 13.7. The summed E-state index contributed by atoms with van der Waals surface area (Å²) in [6, 6.07) is 37.8. The van der Waals surface area contributed by atoms with Crippen molar-refractivity contribution in [3.8, 4) is 28.5 Å².